The molecule has 1 aromatic carbocycles. The summed E-state index contributed by atoms with van der Waals surface area (Å²) >= 11 is 4.01. The van der Waals surface area contributed by atoms with Crippen LogP contribution in [-0.4, -0.2) is 74.5 Å². The molecule has 0 radical (unpaired) electrons. The van der Waals surface area contributed by atoms with E-state index >= 15 is 0 Å². The SMILES string of the molecule is Nc1ncnc2c1c(Cc1ccccc1)nn2[C@@H]1O[C@H](COP(=O)(O)OP(=O)(O)OP(O)(O)=S)[C@H](O)C1O. The van der Waals surface area contributed by atoms with E-state index in [-0.39, 0.29) is 11.5 Å². The van der Waals surface area contributed by atoms with Gasteiger partial charge < -0.3 is 40.3 Å². The lowest BCUT2D eigenvalue weighted by molar-refractivity contribution is -0.0559. The molecule has 0 spiro atoms. The number of rotatable bonds is 10. The summed E-state index contributed by atoms with van der Waals surface area (Å²) in [6.45, 7) is -5.67. The monoisotopic (exact) mass is 613 g/mol. The second-order valence-corrected chi connectivity index (χ2v) is 13.8. The molecule has 3 heterocycles. The minimum Gasteiger partial charge on any atom is -0.387 e. The first kappa shape index (κ1) is 29.3. The summed E-state index contributed by atoms with van der Waals surface area (Å²) in [4.78, 5) is 45.2. The highest BCUT2D eigenvalue weighted by Crippen LogP contribution is 2.66. The number of phosphoric ester groups is 1. The summed E-state index contributed by atoms with van der Waals surface area (Å²) in [6, 6.07) is 9.26. The highest BCUT2D eigenvalue weighted by atomic mass is 32.5. The van der Waals surface area contributed by atoms with Gasteiger partial charge in [0.2, 0.25) is 0 Å². The van der Waals surface area contributed by atoms with E-state index in [2.05, 4.69) is 40.0 Å². The Morgan fingerprint density at radius 1 is 1.03 bits per heavy atom. The van der Waals surface area contributed by atoms with Gasteiger partial charge in [0.25, 0.3) is 0 Å². The number of nitrogens with zero attached hydrogens (tertiary/aromatic N) is 4. The molecule has 0 bridgehead atoms. The fraction of sp³-hybridized carbons (Fsp3) is 0.353. The number of fused-ring (bicyclic) bond motifs is 1. The molecule has 2 aromatic heterocycles. The average molecular weight is 613 g/mol. The number of aromatic nitrogens is 4. The van der Waals surface area contributed by atoms with E-state index in [0.717, 1.165) is 5.56 Å². The van der Waals surface area contributed by atoms with Crippen LogP contribution in [0.1, 0.15) is 17.5 Å². The van der Waals surface area contributed by atoms with Crippen LogP contribution in [0.25, 0.3) is 11.0 Å². The summed E-state index contributed by atoms with van der Waals surface area (Å²) in [5.41, 5.74) is 7.58. The lowest BCUT2D eigenvalue weighted by Gasteiger charge is -2.19. The smallest absolute Gasteiger partial charge is 0.387 e. The van der Waals surface area contributed by atoms with E-state index in [1.54, 1.807) is 0 Å². The van der Waals surface area contributed by atoms with Gasteiger partial charge in [-0.2, -0.15) is 9.41 Å². The Hall–Kier alpha value is -1.72. The quantitative estimate of drug-likeness (QED) is 0.149. The maximum Gasteiger partial charge on any atom is 0.488 e. The molecule has 1 saturated heterocycles. The van der Waals surface area contributed by atoms with Crippen molar-refractivity contribution in [3.8, 4) is 0 Å². The predicted octanol–water partition coefficient (Wildman–Crippen LogP) is 0.0782. The zero-order valence-corrected chi connectivity index (χ0v) is 22.4. The van der Waals surface area contributed by atoms with E-state index < -0.39 is 53.5 Å². The van der Waals surface area contributed by atoms with Crippen molar-refractivity contribution in [3.05, 3.63) is 47.9 Å². The zero-order valence-electron chi connectivity index (χ0n) is 18.9. The number of anilines is 1. The van der Waals surface area contributed by atoms with Crippen LogP contribution < -0.4 is 5.73 Å². The number of benzene rings is 1. The second kappa shape index (κ2) is 11.0. The van der Waals surface area contributed by atoms with Crippen molar-refractivity contribution in [1.82, 2.24) is 19.7 Å². The van der Waals surface area contributed by atoms with Gasteiger partial charge >= 0.3 is 22.4 Å². The molecule has 1 aliphatic heterocycles. The number of hydrogen-bond donors (Lipinski definition) is 7. The molecule has 208 valence electrons. The molecule has 21 heteroatoms. The van der Waals surface area contributed by atoms with E-state index in [1.807, 2.05) is 30.3 Å². The Bertz CT molecular complexity index is 1460. The molecular formula is C17H22N5O12P3S. The summed E-state index contributed by atoms with van der Waals surface area (Å²) < 4.78 is 42.8. The van der Waals surface area contributed by atoms with Crippen molar-refractivity contribution in [2.75, 3.05) is 12.3 Å². The maximum atomic E-state index is 12.1. The van der Waals surface area contributed by atoms with Crippen molar-refractivity contribution in [2.45, 2.75) is 31.0 Å². The first-order valence-electron chi connectivity index (χ1n) is 10.5. The lowest BCUT2D eigenvalue weighted by atomic mass is 10.1. The Balaban J connectivity index is 1.53. The third-order valence-corrected chi connectivity index (χ3v) is 9.60. The van der Waals surface area contributed by atoms with Crippen LogP contribution in [0, 0.1) is 0 Å². The predicted molar refractivity (Wildman–Crippen MR) is 131 cm³/mol. The first-order valence-corrected chi connectivity index (χ1v) is 16.1. The van der Waals surface area contributed by atoms with Crippen molar-refractivity contribution in [2.24, 2.45) is 0 Å². The molecular weight excluding hydrogens is 591 g/mol. The Kier molecular flexibility index (Phi) is 8.50. The molecule has 3 aromatic rings. The van der Waals surface area contributed by atoms with E-state index in [0.29, 0.717) is 17.5 Å². The Labute approximate surface area is 218 Å². The summed E-state index contributed by atoms with van der Waals surface area (Å²) in [5.74, 6) is 0.116. The van der Waals surface area contributed by atoms with Crippen LogP contribution >= 0.6 is 22.4 Å². The molecule has 6 atom stereocenters. The number of hydrogen-bond acceptors (Lipinski definition) is 13. The number of phosphoric acid groups is 2. The van der Waals surface area contributed by atoms with E-state index in [4.69, 9.17) is 20.3 Å². The van der Waals surface area contributed by atoms with Gasteiger partial charge in [-0.15, -0.1) is 0 Å². The van der Waals surface area contributed by atoms with E-state index in [9.17, 15) is 29.1 Å². The molecule has 38 heavy (non-hydrogen) atoms. The standard InChI is InChI=1S/C17H22N5O12P3S/c18-15-12-10(6-9-4-2-1-3-5-9)21-22(16(12)20-8-19-15)17-14(24)13(23)11(32-17)7-31-35(25,26)33-36(27,28)34-37(29,30)38/h1-5,8,11,13-14,17,23-24H,6-7H2,(H,25,26)(H,27,28)(H2,18,19,20)(H2,29,30,38)/t11-,13+,14?,17-/m1/s1. The summed E-state index contributed by atoms with van der Waals surface area (Å²) in [5, 5.41) is 26.0. The number of ether oxygens (including phenoxy) is 1. The topological polar surface area (TPSA) is 262 Å². The summed E-state index contributed by atoms with van der Waals surface area (Å²) in [7, 11) is -10.9. The third kappa shape index (κ3) is 6.88. The fourth-order valence-electron chi connectivity index (χ4n) is 3.70. The largest absolute Gasteiger partial charge is 0.488 e. The van der Waals surface area contributed by atoms with Crippen LogP contribution in [0.2, 0.25) is 0 Å². The van der Waals surface area contributed by atoms with Crippen molar-refractivity contribution >= 4 is 51.0 Å². The number of nitrogens with two attached hydrogens (primary N) is 1. The molecule has 0 saturated carbocycles. The zero-order chi connectivity index (χ0) is 27.9. The minimum atomic E-state index is -5.53. The molecule has 0 aliphatic carbocycles. The molecule has 1 aliphatic rings. The van der Waals surface area contributed by atoms with Gasteiger partial charge in [-0.05, 0) is 17.4 Å². The van der Waals surface area contributed by atoms with Crippen LogP contribution in [-0.2, 0) is 45.2 Å². The van der Waals surface area contributed by atoms with Crippen LogP contribution in [0.3, 0.4) is 0 Å². The molecule has 1 fully saturated rings. The number of nitrogen functional groups attached to an aromatic ring is 1. The Morgan fingerprint density at radius 3 is 2.37 bits per heavy atom. The molecule has 0 amide bonds. The van der Waals surface area contributed by atoms with Gasteiger partial charge in [-0.1, -0.05) is 30.3 Å². The number of aliphatic hydroxyl groups is 2. The van der Waals surface area contributed by atoms with Gasteiger partial charge in [-0.3, -0.25) is 4.52 Å². The Morgan fingerprint density at radius 2 is 1.71 bits per heavy atom. The van der Waals surface area contributed by atoms with Crippen LogP contribution in [0.4, 0.5) is 5.82 Å². The van der Waals surface area contributed by atoms with Crippen molar-refractivity contribution in [3.63, 3.8) is 0 Å². The number of aliphatic hydroxyl groups excluding tert-OH is 2. The lowest BCUT2D eigenvalue weighted by Crippen LogP contribution is -2.33. The van der Waals surface area contributed by atoms with E-state index in [1.165, 1.54) is 11.0 Å². The highest BCUT2D eigenvalue weighted by Gasteiger charge is 2.47. The molecule has 8 N–H and O–H groups in total. The second-order valence-electron chi connectivity index (χ2n) is 7.94. The first-order chi connectivity index (χ1) is 17.7. The third-order valence-electron chi connectivity index (χ3n) is 5.20. The van der Waals surface area contributed by atoms with Gasteiger partial charge in [0.1, 0.15) is 30.5 Å². The average Bonchev–Trinajstić information content (AvgIpc) is 3.29. The molecule has 17 nitrogen and oxygen atoms in total. The van der Waals surface area contributed by atoms with Gasteiger partial charge in [0, 0.05) is 6.42 Å². The fourth-order valence-corrected chi connectivity index (χ4v) is 7.49. The van der Waals surface area contributed by atoms with Gasteiger partial charge in [0.15, 0.2) is 11.9 Å². The molecule has 3 unspecified atom stereocenters. The van der Waals surface area contributed by atoms with Gasteiger partial charge in [0.05, 0.1) is 17.7 Å². The minimum absolute atomic E-state index is 0.116. The maximum absolute atomic E-state index is 12.1. The van der Waals surface area contributed by atoms with Crippen molar-refractivity contribution < 1.29 is 56.8 Å². The van der Waals surface area contributed by atoms with Crippen molar-refractivity contribution in [1.29, 1.82) is 0 Å². The van der Waals surface area contributed by atoms with Crippen LogP contribution in [0.15, 0.2) is 36.7 Å². The van der Waals surface area contributed by atoms with Crippen LogP contribution in [0.5, 0.6) is 0 Å². The van der Waals surface area contributed by atoms with Gasteiger partial charge in [-0.25, -0.2) is 28.1 Å². The highest BCUT2D eigenvalue weighted by molar-refractivity contribution is 8.08. The normalized spacial score (nSPS) is 25.3. The molecule has 4 rings (SSSR count). The summed E-state index contributed by atoms with van der Waals surface area (Å²) in [6.07, 6.45) is -4.64.